The Morgan fingerprint density at radius 3 is 2.28 bits per heavy atom. The van der Waals surface area contributed by atoms with E-state index in [0.29, 0.717) is 23.8 Å². The van der Waals surface area contributed by atoms with Gasteiger partial charge in [0.05, 0.1) is 17.4 Å². The summed E-state index contributed by atoms with van der Waals surface area (Å²) in [6.07, 6.45) is 7.17. The maximum absolute atomic E-state index is 14.1. The summed E-state index contributed by atoms with van der Waals surface area (Å²) in [7, 11) is 0. The Kier molecular flexibility index (Phi) is 12.6. The first-order valence-corrected chi connectivity index (χ1v) is 15.9. The Balaban J connectivity index is 0.000000542. The van der Waals surface area contributed by atoms with Crippen molar-refractivity contribution in [2.24, 2.45) is 0 Å². The average molecular weight is 651 g/mol. The van der Waals surface area contributed by atoms with E-state index in [4.69, 9.17) is 20.3 Å². The number of hydrogen-bond acceptors (Lipinski definition) is 8. The molecule has 0 radical (unpaired) electrons. The summed E-state index contributed by atoms with van der Waals surface area (Å²) in [5, 5.41) is 37.6. The molecule has 12 heteroatoms. The number of fused-ring (bicyclic) bond motifs is 1. The van der Waals surface area contributed by atoms with Gasteiger partial charge in [0.15, 0.2) is 0 Å². The van der Waals surface area contributed by atoms with E-state index in [2.05, 4.69) is 51.8 Å². The molecule has 1 aliphatic rings. The number of aliphatic hydroxyl groups excluding tert-OH is 1. The van der Waals surface area contributed by atoms with Crippen LogP contribution >= 0.6 is 0 Å². The second-order valence-corrected chi connectivity index (χ2v) is 12.5. The molecule has 3 heterocycles. The molecule has 0 spiro atoms. The third-order valence-electron chi connectivity index (χ3n) is 8.57. The van der Waals surface area contributed by atoms with Gasteiger partial charge in [-0.2, -0.15) is 15.3 Å². The molecule has 0 bridgehead atoms. The van der Waals surface area contributed by atoms with Crippen molar-refractivity contribution >= 4 is 5.78 Å². The largest absolute Gasteiger partial charge is 1.00 e. The number of rotatable bonds is 8. The van der Waals surface area contributed by atoms with Gasteiger partial charge in [-0.25, -0.2) is 4.52 Å². The molecule has 3 aromatic heterocycles. The van der Waals surface area contributed by atoms with E-state index in [1.165, 1.54) is 6.42 Å². The van der Waals surface area contributed by atoms with Gasteiger partial charge in [-0.05, 0) is 69.2 Å². The van der Waals surface area contributed by atoms with Crippen LogP contribution in [-0.4, -0.2) is 56.6 Å². The van der Waals surface area contributed by atoms with Crippen molar-refractivity contribution in [1.82, 2.24) is 39.8 Å². The second-order valence-electron chi connectivity index (χ2n) is 12.5. The summed E-state index contributed by atoms with van der Waals surface area (Å²) in [5.74, 6) is 1.90. The molecule has 46 heavy (non-hydrogen) atoms. The zero-order valence-electron chi connectivity index (χ0n) is 27.8. The SMILES string of the molecule is CC(O)C(C)(C)O.CCCc1c(Cc2ccc(-c3ccccc3-c3nnn[n-]3)cc2)c(=O)n(C2CCCCC2)c2nc(C)nn12.[K+]. The van der Waals surface area contributed by atoms with E-state index in [9.17, 15) is 4.79 Å². The standard InChI is InChI=1S/C29H31N8O.C5H12O2.K/c1-3-9-26-25(28(38)36(22-10-5-4-6-11-22)29-30-19(2)33-37(26)29)18-20-14-16-21(17-15-20)23-12-7-8-13-24(23)27-31-34-35-32-27;1-4(6)5(2,3)7;/h7-8,12-17,22H,3-6,9-11,18H2,1-2H3;4,6-7H,1-3H3;/q-1;;+1. The number of tetrazole rings is 1. The molecular formula is C34H43KN8O3. The van der Waals surface area contributed by atoms with Gasteiger partial charge in [-0.1, -0.05) is 81.1 Å². The molecule has 2 aromatic carbocycles. The van der Waals surface area contributed by atoms with Gasteiger partial charge in [0.2, 0.25) is 5.78 Å². The summed E-state index contributed by atoms with van der Waals surface area (Å²) in [6.45, 7) is 8.73. The first-order valence-electron chi connectivity index (χ1n) is 15.9. The molecule has 0 aliphatic heterocycles. The fourth-order valence-electron chi connectivity index (χ4n) is 5.76. The topological polar surface area (TPSA) is 145 Å². The quantitative estimate of drug-likeness (QED) is 0.241. The summed E-state index contributed by atoms with van der Waals surface area (Å²) in [5.41, 5.74) is 4.97. The normalized spacial score (nSPS) is 14.4. The van der Waals surface area contributed by atoms with Crippen LogP contribution in [0.2, 0.25) is 0 Å². The van der Waals surface area contributed by atoms with E-state index in [-0.39, 0.29) is 63.0 Å². The van der Waals surface area contributed by atoms with Crippen LogP contribution < -0.4 is 62.0 Å². The van der Waals surface area contributed by atoms with Crippen molar-refractivity contribution in [3.63, 3.8) is 0 Å². The number of aromatic nitrogens is 8. The first-order chi connectivity index (χ1) is 21.6. The molecule has 1 atom stereocenters. The molecule has 1 unspecified atom stereocenters. The van der Waals surface area contributed by atoms with Gasteiger partial charge in [0.1, 0.15) is 5.82 Å². The molecule has 238 valence electrons. The van der Waals surface area contributed by atoms with E-state index < -0.39 is 11.7 Å². The monoisotopic (exact) mass is 650 g/mol. The van der Waals surface area contributed by atoms with Crippen molar-refractivity contribution in [3.8, 4) is 22.5 Å². The minimum atomic E-state index is -0.944. The smallest absolute Gasteiger partial charge is 0.390 e. The summed E-state index contributed by atoms with van der Waals surface area (Å²) < 4.78 is 3.89. The molecular weight excluding hydrogens is 608 g/mol. The maximum atomic E-state index is 14.1. The molecule has 2 N–H and O–H groups in total. The Hall–Kier alpha value is -2.58. The van der Waals surface area contributed by atoms with Crippen LogP contribution in [0.5, 0.6) is 0 Å². The Morgan fingerprint density at radius 2 is 1.70 bits per heavy atom. The number of aliphatic hydroxyl groups is 2. The van der Waals surface area contributed by atoms with Crippen LogP contribution in [0.3, 0.4) is 0 Å². The Labute approximate surface area is 312 Å². The minimum Gasteiger partial charge on any atom is -0.390 e. The number of benzene rings is 2. The van der Waals surface area contributed by atoms with Crippen LogP contribution in [0.4, 0.5) is 0 Å². The molecule has 5 aromatic rings. The predicted octanol–water partition coefficient (Wildman–Crippen LogP) is 1.87. The van der Waals surface area contributed by atoms with Crippen LogP contribution in [0.25, 0.3) is 28.3 Å². The summed E-state index contributed by atoms with van der Waals surface area (Å²) >= 11 is 0. The van der Waals surface area contributed by atoms with Crippen molar-refractivity contribution in [2.45, 2.75) is 104 Å². The van der Waals surface area contributed by atoms with Crippen molar-refractivity contribution < 1.29 is 61.6 Å². The van der Waals surface area contributed by atoms with Crippen molar-refractivity contribution in [1.29, 1.82) is 0 Å². The Morgan fingerprint density at radius 1 is 1.04 bits per heavy atom. The van der Waals surface area contributed by atoms with Gasteiger partial charge in [0.25, 0.3) is 5.56 Å². The van der Waals surface area contributed by atoms with Crippen molar-refractivity contribution in [2.75, 3.05) is 0 Å². The summed E-state index contributed by atoms with van der Waals surface area (Å²) in [4.78, 5) is 18.8. The molecule has 0 amide bonds. The Bertz CT molecular complexity index is 1770. The van der Waals surface area contributed by atoms with Crippen molar-refractivity contribution in [3.05, 3.63) is 81.5 Å². The molecule has 11 nitrogen and oxygen atoms in total. The van der Waals surface area contributed by atoms with Crippen LogP contribution in [-0.2, 0) is 12.8 Å². The zero-order chi connectivity index (χ0) is 32.1. The van der Waals surface area contributed by atoms with E-state index in [0.717, 1.165) is 72.0 Å². The fraction of sp³-hybridized carbons (Fsp3) is 0.471. The van der Waals surface area contributed by atoms with Gasteiger partial charge in [-0.15, -0.1) is 0 Å². The predicted molar refractivity (Wildman–Crippen MR) is 173 cm³/mol. The molecule has 6 rings (SSSR count). The van der Waals surface area contributed by atoms with Gasteiger partial charge >= 0.3 is 51.4 Å². The number of hydrogen-bond donors (Lipinski definition) is 2. The number of aryl methyl sites for hydroxylation is 2. The van der Waals surface area contributed by atoms with E-state index in [1.807, 2.05) is 40.3 Å². The van der Waals surface area contributed by atoms with Gasteiger partial charge in [-0.3, -0.25) is 19.7 Å². The average Bonchev–Trinajstić information content (AvgIpc) is 3.70. The van der Waals surface area contributed by atoms with E-state index in [1.54, 1.807) is 20.8 Å². The first kappa shape index (κ1) is 36.3. The van der Waals surface area contributed by atoms with Gasteiger partial charge < -0.3 is 15.3 Å². The van der Waals surface area contributed by atoms with Gasteiger partial charge in [0, 0.05) is 23.9 Å². The fourth-order valence-corrected chi connectivity index (χ4v) is 5.76. The summed E-state index contributed by atoms with van der Waals surface area (Å²) in [6, 6.07) is 16.5. The molecule has 1 aliphatic carbocycles. The third kappa shape index (κ3) is 8.28. The second kappa shape index (κ2) is 16.0. The van der Waals surface area contributed by atoms with E-state index >= 15 is 0 Å². The zero-order valence-corrected chi connectivity index (χ0v) is 30.9. The molecule has 1 fully saturated rings. The maximum Gasteiger partial charge on any atom is 1.00 e. The van der Waals surface area contributed by atoms with Crippen LogP contribution in [0.15, 0.2) is 53.3 Å². The number of nitrogens with zero attached hydrogens (tertiary/aromatic N) is 8. The third-order valence-corrected chi connectivity index (χ3v) is 8.57. The van der Waals surface area contributed by atoms with Crippen LogP contribution in [0.1, 0.15) is 94.9 Å². The molecule has 1 saturated carbocycles. The van der Waals surface area contributed by atoms with Crippen LogP contribution in [0, 0.1) is 6.92 Å². The minimum absolute atomic E-state index is 0. The molecule has 0 saturated heterocycles.